The Kier molecular flexibility index (Phi) is 9.84. The number of rotatable bonds is 10. The molecule has 1 heterocycles. The van der Waals surface area contributed by atoms with Crippen molar-refractivity contribution in [2.24, 2.45) is 11.8 Å². The van der Waals surface area contributed by atoms with Crippen molar-refractivity contribution in [2.45, 2.75) is 102 Å². The van der Waals surface area contributed by atoms with Gasteiger partial charge in [-0.2, -0.15) is 0 Å². The van der Waals surface area contributed by atoms with E-state index in [-0.39, 0.29) is 8.80 Å². The second-order valence-electron chi connectivity index (χ2n) is 9.61. The number of unbranched alkanes of at least 4 members (excludes halogenated alkanes) is 1. The van der Waals surface area contributed by atoms with Gasteiger partial charge in [0.05, 0.1) is 0 Å². The third-order valence-electron chi connectivity index (χ3n) is 7.61. The molecular weight excluding hydrogens is 399 g/mol. The Morgan fingerprint density at radius 2 is 1.66 bits per heavy atom. The molecule has 0 atom stereocenters. The van der Waals surface area contributed by atoms with Crippen molar-refractivity contribution in [1.82, 2.24) is 0 Å². The van der Waals surface area contributed by atoms with E-state index in [1.807, 2.05) is 12.1 Å². The van der Waals surface area contributed by atoms with E-state index in [2.05, 4.69) is 6.92 Å². The third kappa shape index (κ3) is 7.27. The Bertz CT molecular complexity index is 594. The Morgan fingerprint density at radius 1 is 1.00 bits per heavy atom. The van der Waals surface area contributed by atoms with Gasteiger partial charge < -0.3 is 4.74 Å². The fraction of sp³-hybridized carbons (Fsp3) is 0.760. The number of ether oxygens (including phenoxy) is 1. The van der Waals surface area contributed by atoms with Crippen molar-refractivity contribution < 1.29 is 9.13 Å². The summed E-state index contributed by atoms with van der Waals surface area (Å²) >= 11 is 6.06. The van der Waals surface area contributed by atoms with Crippen molar-refractivity contribution in [1.29, 1.82) is 0 Å². The molecule has 1 aliphatic heterocycles. The zero-order valence-corrected chi connectivity index (χ0v) is 20.2. The van der Waals surface area contributed by atoms with Gasteiger partial charge in [0.1, 0.15) is 5.75 Å². The number of hydrogen-bond donors (Lipinski definition) is 0. The number of alkyl halides is 1. The maximum Gasteiger partial charge on any atom is 0.228 e. The van der Waals surface area contributed by atoms with Crippen LogP contribution in [0.1, 0.15) is 89.0 Å². The van der Waals surface area contributed by atoms with E-state index >= 15 is 0 Å². The Labute approximate surface area is 184 Å². The normalized spacial score (nSPS) is 27.7. The molecule has 0 spiro atoms. The maximum absolute atomic E-state index is 12.7. The molecule has 2 aliphatic rings. The van der Waals surface area contributed by atoms with Crippen molar-refractivity contribution in [2.75, 3.05) is 6.86 Å². The van der Waals surface area contributed by atoms with Crippen LogP contribution in [-0.2, 0) is 0 Å². The first-order valence-corrected chi connectivity index (χ1v) is 15.0. The highest BCUT2D eigenvalue weighted by molar-refractivity contribution is 6.58. The van der Waals surface area contributed by atoms with Crippen molar-refractivity contribution in [3.63, 3.8) is 0 Å². The van der Waals surface area contributed by atoms with E-state index in [4.69, 9.17) is 16.3 Å². The van der Waals surface area contributed by atoms with Crippen LogP contribution < -0.4 is 4.74 Å². The Morgan fingerprint density at radius 3 is 2.28 bits per heavy atom. The zero-order chi connectivity index (χ0) is 20.5. The molecule has 3 rings (SSSR count). The average Bonchev–Trinajstić information content (AvgIpc) is 2.74. The molecule has 0 radical (unpaired) electrons. The molecule has 1 aromatic rings. The van der Waals surface area contributed by atoms with Gasteiger partial charge in [-0.3, -0.25) is 0 Å². The van der Waals surface area contributed by atoms with Gasteiger partial charge in [0.15, 0.2) is 0 Å². The van der Waals surface area contributed by atoms with Gasteiger partial charge in [-0.05, 0) is 61.1 Å². The summed E-state index contributed by atoms with van der Waals surface area (Å²) in [4.78, 5) is 0. The molecule has 2 fully saturated rings. The molecule has 0 unspecified atom stereocenters. The highest BCUT2D eigenvalue weighted by Crippen LogP contribution is 2.42. The van der Waals surface area contributed by atoms with E-state index in [9.17, 15) is 4.39 Å². The summed E-state index contributed by atoms with van der Waals surface area (Å²) in [5.74, 6) is 3.06. The van der Waals surface area contributed by atoms with Crippen LogP contribution >= 0.6 is 11.6 Å². The van der Waals surface area contributed by atoms with E-state index in [1.54, 1.807) is 37.0 Å². The lowest BCUT2D eigenvalue weighted by molar-refractivity contribution is 0.187. The van der Waals surface area contributed by atoms with Crippen molar-refractivity contribution in [3.05, 3.63) is 28.8 Å². The maximum atomic E-state index is 12.7. The Balaban J connectivity index is 1.33. The molecule has 0 N–H and O–H groups in total. The molecule has 1 saturated heterocycles. The fourth-order valence-electron chi connectivity index (χ4n) is 5.87. The minimum Gasteiger partial charge on any atom is -0.463 e. The first-order chi connectivity index (χ1) is 14.2. The molecule has 164 valence electrons. The first-order valence-electron chi connectivity index (χ1n) is 12.2. The van der Waals surface area contributed by atoms with Crippen molar-refractivity contribution >= 4 is 20.4 Å². The molecule has 1 saturated carbocycles. The summed E-state index contributed by atoms with van der Waals surface area (Å²) in [5, 5.41) is 0.618. The molecule has 0 aromatic heterocycles. The zero-order valence-electron chi connectivity index (χ0n) is 18.3. The Hall–Kier alpha value is -0.543. The van der Waals surface area contributed by atoms with Crippen LogP contribution in [0.15, 0.2) is 18.2 Å². The van der Waals surface area contributed by atoms with Crippen LogP contribution in [0.25, 0.3) is 0 Å². The van der Waals surface area contributed by atoms with Crippen LogP contribution in [0, 0.1) is 11.8 Å². The SMILES string of the molecule is CCC[SiH]1CCC(CCCCC2CCC(c3ccc(Cl)cc3OCF)CC2)CC1. The quantitative estimate of drug-likeness (QED) is 0.262. The molecule has 0 amide bonds. The summed E-state index contributed by atoms with van der Waals surface area (Å²) in [6, 6.07) is 10.6. The summed E-state index contributed by atoms with van der Waals surface area (Å²) in [5.41, 5.74) is 1.15. The lowest BCUT2D eigenvalue weighted by Gasteiger charge is -2.30. The first kappa shape index (κ1) is 23.1. The highest BCUT2D eigenvalue weighted by atomic mass is 35.5. The smallest absolute Gasteiger partial charge is 0.228 e. The summed E-state index contributed by atoms with van der Waals surface area (Å²) in [6.07, 6.45) is 15.3. The summed E-state index contributed by atoms with van der Waals surface area (Å²) in [6.45, 7) is 1.57. The van der Waals surface area contributed by atoms with Gasteiger partial charge in [-0.25, -0.2) is 4.39 Å². The molecule has 29 heavy (non-hydrogen) atoms. The lowest BCUT2D eigenvalue weighted by Crippen LogP contribution is -2.21. The van der Waals surface area contributed by atoms with Crippen molar-refractivity contribution in [3.8, 4) is 5.75 Å². The van der Waals surface area contributed by atoms with Gasteiger partial charge in [0.2, 0.25) is 6.86 Å². The van der Waals surface area contributed by atoms with Gasteiger partial charge in [0, 0.05) is 13.8 Å². The second kappa shape index (κ2) is 12.3. The summed E-state index contributed by atoms with van der Waals surface area (Å²) < 4.78 is 17.9. The highest BCUT2D eigenvalue weighted by Gasteiger charge is 2.25. The van der Waals surface area contributed by atoms with E-state index in [0.29, 0.717) is 16.7 Å². The largest absolute Gasteiger partial charge is 0.463 e. The number of benzene rings is 1. The number of hydrogen-bond acceptors (Lipinski definition) is 1. The minimum atomic E-state index is -0.787. The molecule has 4 heteroatoms. The molecule has 1 nitrogen and oxygen atoms in total. The molecular formula is C25H40ClFOSi. The molecule has 0 bridgehead atoms. The monoisotopic (exact) mass is 438 g/mol. The van der Waals surface area contributed by atoms with E-state index in [0.717, 1.165) is 17.4 Å². The molecule has 1 aliphatic carbocycles. The van der Waals surface area contributed by atoms with Crippen LogP contribution in [0.4, 0.5) is 4.39 Å². The predicted octanol–water partition coefficient (Wildman–Crippen LogP) is 8.53. The van der Waals surface area contributed by atoms with Gasteiger partial charge in [-0.1, -0.05) is 87.7 Å². The lowest BCUT2D eigenvalue weighted by atomic mass is 9.76. The second-order valence-corrected chi connectivity index (χ2v) is 13.5. The topological polar surface area (TPSA) is 9.23 Å². The van der Waals surface area contributed by atoms with Crippen LogP contribution in [-0.4, -0.2) is 15.7 Å². The average molecular weight is 439 g/mol. The van der Waals surface area contributed by atoms with E-state index in [1.165, 1.54) is 57.8 Å². The van der Waals surface area contributed by atoms with Crippen LogP contribution in [0.5, 0.6) is 5.75 Å². The molecule has 1 aromatic carbocycles. The third-order valence-corrected chi connectivity index (χ3v) is 11.5. The minimum absolute atomic E-state index is 0.310. The van der Waals surface area contributed by atoms with Gasteiger partial charge in [-0.15, -0.1) is 0 Å². The van der Waals surface area contributed by atoms with E-state index < -0.39 is 6.86 Å². The summed E-state index contributed by atoms with van der Waals surface area (Å²) in [7, 11) is -0.310. The number of halogens is 2. The van der Waals surface area contributed by atoms with Crippen LogP contribution in [0.2, 0.25) is 23.2 Å². The fourth-order valence-corrected chi connectivity index (χ4v) is 9.60. The van der Waals surface area contributed by atoms with Crippen LogP contribution in [0.3, 0.4) is 0 Å². The predicted molar refractivity (Wildman–Crippen MR) is 126 cm³/mol. The standard InChI is InChI=1S/C25H40ClFOSi/c1-2-15-29-16-13-21(14-17-29)6-4-3-5-20-7-9-22(10-8-20)24-12-11-23(26)18-25(24)28-19-27/h11-12,18,20-22,29H,2-10,13-17,19H2,1H3. The van der Waals surface area contributed by atoms with Gasteiger partial charge >= 0.3 is 0 Å². The van der Waals surface area contributed by atoms with Gasteiger partial charge in [0.25, 0.3) is 0 Å².